The number of thiophene rings is 1. The van der Waals surface area contributed by atoms with Gasteiger partial charge in [-0.3, -0.25) is 4.79 Å². The van der Waals surface area contributed by atoms with Crippen LogP contribution in [0.3, 0.4) is 0 Å². The first-order chi connectivity index (χ1) is 6.77. The lowest BCUT2D eigenvalue weighted by atomic mass is 9.80. The second-order valence-electron chi connectivity index (χ2n) is 4.31. The van der Waals surface area contributed by atoms with Gasteiger partial charge in [-0.05, 0) is 30.2 Å². The molecule has 0 bridgehead atoms. The van der Waals surface area contributed by atoms with E-state index in [2.05, 4.69) is 6.92 Å². The molecule has 2 heteroatoms. The summed E-state index contributed by atoms with van der Waals surface area (Å²) in [5.74, 6) is 1.42. The molecule has 1 fully saturated rings. The Hall–Kier alpha value is -0.630. The molecule has 76 valence electrons. The van der Waals surface area contributed by atoms with Crippen LogP contribution in [0.1, 0.15) is 42.3 Å². The minimum atomic E-state index is 0.303. The number of carbonyl (C=O) groups excluding carboxylic acids is 1. The van der Waals surface area contributed by atoms with E-state index in [4.69, 9.17) is 0 Å². The molecule has 1 nitrogen and oxygen atoms in total. The molecule has 14 heavy (non-hydrogen) atoms. The number of rotatable bonds is 2. The van der Waals surface area contributed by atoms with Crippen LogP contribution < -0.4 is 0 Å². The highest BCUT2D eigenvalue weighted by Crippen LogP contribution is 2.31. The molecule has 1 aliphatic carbocycles. The van der Waals surface area contributed by atoms with Crippen molar-refractivity contribution < 1.29 is 4.79 Å². The third-order valence-electron chi connectivity index (χ3n) is 3.07. The molecule has 0 radical (unpaired) electrons. The quantitative estimate of drug-likeness (QED) is 0.676. The van der Waals surface area contributed by atoms with Crippen LogP contribution in [-0.4, -0.2) is 5.78 Å². The van der Waals surface area contributed by atoms with E-state index >= 15 is 0 Å². The van der Waals surface area contributed by atoms with Gasteiger partial charge in [0.2, 0.25) is 0 Å². The summed E-state index contributed by atoms with van der Waals surface area (Å²) in [5.41, 5.74) is 0. The van der Waals surface area contributed by atoms with Gasteiger partial charge in [0.05, 0.1) is 4.88 Å². The summed E-state index contributed by atoms with van der Waals surface area (Å²) in [5, 5.41) is 1.99. The van der Waals surface area contributed by atoms with Crippen LogP contribution in [0.15, 0.2) is 17.5 Å². The Morgan fingerprint density at radius 1 is 1.50 bits per heavy atom. The third-order valence-corrected chi connectivity index (χ3v) is 3.96. The zero-order valence-electron chi connectivity index (χ0n) is 8.53. The Labute approximate surface area is 89.1 Å². The Bertz CT molecular complexity index is 302. The molecule has 1 saturated carbocycles. The van der Waals surface area contributed by atoms with Crippen molar-refractivity contribution in [3.63, 3.8) is 0 Å². The Balaban J connectivity index is 2.04. The van der Waals surface area contributed by atoms with E-state index in [9.17, 15) is 4.79 Å². The van der Waals surface area contributed by atoms with E-state index in [1.807, 2.05) is 17.5 Å². The molecule has 2 atom stereocenters. The van der Waals surface area contributed by atoms with Crippen molar-refractivity contribution in [2.24, 2.45) is 11.8 Å². The number of hydrogen-bond donors (Lipinski definition) is 0. The molecular formula is C12H16OS. The molecule has 0 aliphatic heterocycles. The molecule has 2 rings (SSSR count). The van der Waals surface area contributed by atoms with Crippen molar-refractivity contribution in [1.82, 2.24) is 0 Å². The summed E-state index contributed by atoms with van der Waals surface area (Å²) in [6.07, 6.45) is 4.72. The molecule has 1 heterocycles. The number of Topliss-reactive ketones (excluding diaryl/α,β-unsaturated/α-hetero) is 1. The van der Waals surface area contributed by atoms with Gasteiger partial charge in [0.1, 0.15) is 0 Å². The van der Waals surface area contributed by atoms with Crippen molar-refractivity contribution >= 4 is 17.1 Å². The minimum absolute atomic E-state index is 0.303. The van der Waals surface area contributed by atoms with Crippen molar-refractivity contribution in [2.75, 3.05) is 0 Å². The Morgan fingerprint density at radius 2 is 2.36 bits per heavy atom. The first-order valence-corrected chi connectivity index (χ1v) is 6.23. The van der Waals surface area contributed by atoms with Crippen LogP contribution in [0.2, 0.25) is 0 Å². The SMILES string of the molecule is CC1CCCC(C(=O)c2cccs2)C1. The molecule has 1 aliphatic rings. The summed E-state index contributed by atoms with van der Waals surface area (Å²) in [6.45, 7) is 2.26. The average molecular weight is 208 g/mol. The normalized spacial score (nSPS) is 27.5. The van der Waals surface area contributed by atoms with Gasteiger partial charge in [-0.2, -0.15) is 0 Å². The second-order valence-corrected chi connectivity index (χ2v) is 5.26. The molecule has 0 amide bonds. The first kappa shape index (κ1) is 9.91. The molecule has 0 spiro atoms. The summed E-state index contributed by atoms with van der Waals surface area (Å²) in [7, 11) is 0. The Morgan fingerprint density at radius 3 is 3.00 bits per heavy atom. The minimum Gasteiger partial charge on any atom is -0.293 e. The first-order valence-electron chi connectivity index (χ1n) is 5.35. The highest BCUT2D eigenvalue weighted by Gasteiger charge is 2.26. The van der Waals surface area contributed by atoms with Gasteiger partial charge < -0.3 is 0 Å². The maximum atomic E-state index is 12.0. The lowest BCUT2D eigenvalue weighted by Gasteiger charge is -2.25. The van der Waals surface area contributed by atoms with E-state index in [1.54, 1.807) is 11.3 Å². The van der Waals surface area contributed by atoms with Crippen LogP contribution in [0.25, 0.3) is 0 Å². The van der Waals surface area contributed by atoms with Gasteiger partial charge in [-0.1, -0.05) is 25.8 Å². The largest absolute Gasteiger partial charge is 0.293 e. The lowest BCUT2D eigenvalue weighted by Crippen LogP contribution is -2.21. The smallest absolute Gasteiger partial charge is 0.175 e. The van der Waals surface area contributed by atoms with Crippen molar-refractivity contribution in [1.29, 1.82) is 0 Å². The lowest BCUT2D eigenvalue weighted by molar-refractivity contribution is 0.0872. The van der Waals surface area contributed by atoms with Crippen LogP contribution in [0, 0.1) is 11.8 Å². The number of carbonyl (C=O) groups is 1. The fraction of sp³-hybridized carbons (Fsp3) is 0.583. The summed E-state index contributed by atoms with van der Waals surface area (Å²) in [6, 6.07) is 3.91. The van der Waals surface area contributed by atoms with E-state index in [-0.39, 0.29) is 0 Å². The zero-order chi connectivity index (χ0) is 9.97. The molecule has 0 saturated heterocycles. The molecule has 0 N–H and O–H groups in total. The van der Waals surface area contributed by atoms with Gasteiger partial charge in [0.25, 0.3) is 0 Å². The summed E-state index contributed by atoms with van der Waals surface area (Å²) < 4.78 is 0. The maximum Gasteiger partial charge on any atom is 0.175 e. The fourth-order valence-electron chi connectivity index (χ4n) is 2.29. The fourth-order valence-corrected chi connectivity index (χ4v) is 3.04. The monoisotopic (exact) mass is 208 g/mol. The van der Waals surface area contributed by atoms with Gasteiger partial charge in [-0.15, -0.1) is 11.3 Å². The summed E-state index contributed by atoms with van der Waals surface area (Å²) >= 11 is 1.58. The van der Waals surface area contributed by atoms with Crippen LogP contribution in [0.5, 0.6) is 0 Å². The number of hydrogen-bond acceptors (Lipinski definition) is 2. The topological polar surface area (TPSA) is 17.1 Å². The predicted octanol–water partition coefficient (Wildman–Crippen LogP) is 3.76. The molecule has 0 aromatic carbocycles. The van der Waals surface area contributed by atoms with Crippen molar-refractivity contribution in [3.8, 4) is 0 Å². The Kier molecular flexibility index (Phi) is 3.02. The summed E-state index contributed by atoms with van der Waals surface area (Å²) in [4.78, 5) is 13.0. The number of ketones is 1. The third kappa shape index (κ3) is 2.06. The van der Waals surface area contributed by atoms with Crippen LogP contribution in [-0.2, 0) is 0 Å². The van der Waals surface area contributed by atoms with E-state index in [1.165, 1.54) is 12.8 Å². The molecule has 1 aromatic heterocycles. The van der Waals surface area contributed by atoms with E-state index in [0.29, 0.717) is 11.7 Å². The molecular weight excluding hydrogens is 192 g/mol. The van der Waals surface area contributed by atoms with Crippen LogP contribution >= 0.6 is 11.3 Å². The second kappa shape index (κ2) is 4.26. The van der Waals surface area contributed by atoms with Crippen molar-refractivity contribution in [3.05, 3.63) is 22.4 Å². The highest BCUT2D eigenvalue weighted by molar-refractivity contribution is 7.12. The van der Waals surface area contributed by atoms with Gasteiger partial charge in [0.15, 0.2) is 5.78 Å². The predicted molar refractivity (Wildman–Crippen MR) is 59.8 cm³/mol. The van der Waals surface area contributed by atoms with Gasteiger partial charge in [0, 0.05) is 5.92 Å². The van der Waals surface area contributed by atoms with E-state index < -0.39 is 0 Å². The maximum absolute atomic E-state index is 12.0. The van der Waals surface area contributed by atoms with E-state index in [0.717, 1.165) is 23.6 Å². The standard InChI is InChI=1S/C12H16OS/c1-9-4-2-5-10(8-9)12(13)11-6-3-7-14-11/h3,6-7,9-10H,2,4-5,8H2,1H3. The molecule has 2 unspecified atom stereocenters. The zero-order valence-corrected chi connectivity index (χ0v) is 9.35. The van der Waals surface area contributed by atoms with Gasteiger partial charge >= 0.3 is 0 Å². The average Bonchev–Trinajstić information content (AvgIpc) is 2.69. The highest BCUT2D eigenvalue weighted by atomic mass is 32.1. The van der Waals surface area contributed by atoms with Crippen molar-refractivity contribution in [2.45, 2.75) is 32.6 Å². The van der Waals surface area contributed by atoms with Gasteiger partial charge in [-0.25, -0.2) is 0 Å². The van der Waals surface area contributed by atoms with Crippen LogP contribution in [0.4, 0.5) is 0 Å². The molecule has 1 aromatic rings.